The lowest BCUT2D eigenvalue weighted by molar-refractivity contribution is -0.114. The van der Waals surface area contributed by atoms with Gasteiger partial charge < -0.3 is 14.6 Å². The minimum absolute atomic E-state index is 0.107. The second-order valence-corrected chi connectivity index (χ2v) is 4.17. The molecule has 2 N–H and O–H groups in total. The maximum Gasteiger partial charge on any atom is 0.339 e. The molecule has 0 saturated carbocycles. The SMILES string of the molecule is O=C(C=Cc1ccc(O)cc1)Cc1cc(O)cc(=O)o1. The summed E-state index contributed by atoms with van der Waals surface area (Å²) in [6.07, 6.45) is 2.82. The van der Waals surface area contributed by atoms with Crippen molar-refractivity contribution >= 4 is 11.9 Å². The first-order valence-corrected chi connectivity index (χ1v) is 5.86. The fraction of sp³-hybridized carbons (Fsp3) is 0.0667. The van der Waals surface area contributed by atoms with Gasteiger partial charge in [0.1, 0.15) is 17.3 Å². The Kier molecular flexibility index (Phi) is 4.00. The fourth-order valence-corrected chi connectivity index (χ4v) is 1.61. The van der Waals surface area contributed by atoms with E-state index in [1.54, 1.807) is 18.2 Å². The second-order valence-electron chi connectivity index (χ2n) is 4.17. The molecule has 20 heavy (non-hydrogen) atoms. The molecule has 5 nitrogen and oxygen atoms in total. The summed E-state index contributed by atoms with van der Waals surface area (Å²) in [7, 11) is 0. The van der Waals surface area contributed by atoms with Crippen LogP contribution in [0.4, 0.5) is 0 Å². The summed E-state index contributed by atoms with van der Waals surface area (Å²) >= 11 is 0. The van der Waals surface area contributed by atoms with Gasteiger partial charge in [-0.3, -0.25) is 4.79 Å². The lowest BCUT2D eigenvalue weighted by atomic mass is 10.1. The highest BCUT2D eigenvalue weighted by molar-refractivity contribution is 5.94. The fourth-order valence-electron chi connectivity index (χ4n) is 1.61. The molecule has 0 aliphatic carbocycles. The molecular formula is C15H12O5. The monoisotopic (exact) mass is 272 g/mol. The third-order valence-corrected chi connectivity index (χ3v) is 2.51. The van der Waals surface area contributed by atoms with Gasteiger partial charge >= 0.3 is 5.63 Å². The average Bonchev–Trinajstić information content (AvgIpc) is 2.37. The molecule has 0 atom stereocenters. The van der Waals surface area contributed by atoms with Crippen molar-refractivity contribution in [3.63, 3.8) is 0 Å². The topological polar surface area (TPSA) is 87.7 Å². The Morgan fingerprint density at radius 2 is 1.80 bits per heavy atom. The largest absolute Gasteiger partial charge is 0.508 e. The van der Waals surface area contributed by atoms with Crippen LogP contribution in [0, 0.1) is 0 Å². The van der Waals surface area contributed by atoms with E-state index in [9.17, 15) is 14.7 Å². The molecule has 0 aliphatic heterocycles. The Morgan fingerprint density at radius 1 is 1.10 bits per heavy atom. The molecule has 0 amide bonds. The average molecular weight is 272 g/mol. The highest BCUT2D eigenvalue weighted by atomic mass is 16.4. The smallest absolute Gasteiger partial charge is 0.339 e. The van der Waals surface area contributed by atoms with E-state index in [1.165, 1.54) is 24.3 Å². The molecule has 2 rings (SSSR count). The van der Waals surface area contributed by atoms with Gasteiger partial charge in [-0.05, 0) is 23.8 Å². The zero-order valence-corrected chi connectivity index (χ0v) is 10.4. The number of aromatic hydroxyl groups is 2. The van der Waals surface area contributed by atoms with E-state index >= 15 is 0 Å². The molecule has 0 fully saturated rings. The third-order valence-electron chi connectivity index (χ3n) is 2.51. The van der Waals surface area contributed by atoms with Crippen molar-refractivity contribution in [2.24, 2.45) is 0 Å². The van der Waals surface area contributed by atoms with Crippen LogP contribution in [0.15, 0.2) is 51.7 Å². The van der Waals surface area contributed by atoms with Gasteiger partial charge in [-0.15, -0.1) is 0 Å². The first kappa shape index (κ1) is 13.6. The number of rotatable bonds is 4. The number of carbonyl (C=O) groups is 1. The van der Waals surface area contributed by atoms with Crippen LogP contribution in [-0.4, -0.2) is 16.0 Å². The van der Waals surface area contributed by atoms with Crippen molar-refractivity contribution in [3.05, 3.63) is 64.2 Å². The van der Waals surface area contributed by atoms with Crippen molar-refractivity contribution in [3.8, 4) is 11.5 Å². The quantitative estimate of drug-likeness (QED) is 0.830. The van der Waals surface area contributed by atoms with Crippen LogP contribution in [0.1, 0.15) is 11.3 Å². The van der Waals surface area contributed by atoms with Crippen molar-refractivity contribution in [1.82, 2.24) is 0 Å². The Morgan fingerprint density at radius 3 is 2.45 bits per heavy atom. The van der Waals surface area contributed by atoms with Crippen LogP contribution in [0.2, 0.25) is 0 Å². The normalized spacial score (nSPS) is 10.8. The van der Waals surface area contributed by atoms with Crippen LogP contribution in [-0.2, 0) is 11.2 Å². The summed E-state index contributed by atoms with van der Waals surface area (Å²) < 4.78 is 4.79. The van der Waals surface area contributed by atoms with Crippen molar-refractivity contribution < 1.29 is 19.4 Å². The molecule has 0 radical (unpaired) electrons. The Bertz CT molecular complexity index is 695. The standard InChI is InChI=1S/C15H12O5/c16-11-4-1-10(2-5-11)3-6-12(17)7-14-8-13(18)9-15(19)20-14/h1-6,8-9,16,18H,7H2. The molecular weight excluding hydrogens is 260 g/mol. The van der Waals surface area contributed by atoms with Gasteiger partial charge in [0, 0.05) is 6.07 Å². The highest BCUT2D eigenvalue weighted by Crippen LogP contribution is 2.12. The number of allylic oxidation sites excluding steroid dienone is 1. The number of benzene rings is 1. The minimum atomic E-state index is -0.699. The number of phenols is 1. The predicted octanol–water partition coefficient (Wildman–Crippen LogP) is 1.88. The number of hydrogen-bond acceptors (Lipinski definition) is 5. The molecule has 0 unspecified atom stereocenters. The number of ketones is 1. The summed E-state index contributed by atoms with van der Waals surface area (Å²) in [5.74, 6) is -0.247. The lowest BCUT2D eigenvalue weighted by Gasteiger charge is -1.97. The van der Waals surface area contributed by atoms with Crippen molar-refractivity contribution in [1.29, 1.82) is 0 Å². The second kappa shape index (κ2) is 5.88. The molecule has 102 valence electrons. The van der Waals surface area contributed by atoms with Crippen LogP contribution >= 0.6 is 0 Å². The predicted molar refractivity (Wildman–Crippen MR) is 72.5 cm³/mol. The summed E-state index contributed by atoms with van der Waals surface area (Å²) in [4.78, 5) is 22.7. The Hall–Kier alpha value is -2.82. The molecule has 0 aliphatic rings. The van der Waals surface area contributed by atoms with E-state index in [4.69, 9.17) is 9.52 Å². The van der Waals surface area contributed by atoms with Gasteiger partial charge in [-0.1, -0.05) is 18.2 Å². The Labute approximate surface area is 114 Å². The maximum absolute atomic E-state index is 11.7. The van der Waals surface area contributed by atoms with E-state index in [2.05, 4.69) is 0 Å². The molecule has 1 aromatic heterocycles. The first-order valence-electron chi connectivity index (χ1n) is 5.86. The van der Waals surface area contributed by atoms with Crippen molar-refractivity contribution in [2.75, 3.05) is 0 Å². The number of hydrogen-bond donors (Lipinski definition) is 2. The van der Waals surface area contributed by atoms with Gasteiger partial charge in [0.25, 0.3) is 0 Å². The summed E-state index contributed by atoms with van der Waals surface area (Å²) in [6, 6.07) is 8.51. The summed E-state index contributed by atoms with van der Waals surface area (Å²) in [5.41, 5.74) is 0.0591. The zero-order chi connectivity index (χ0) is 14.5. The van der Waals surface area contributed by atoms with E-state index in [0.717, 1.165) is 11.6 Å². The van der Waals surface area contributed by atoms with Crippen LogP contribution in [0.5, 0.6) is 11.5 Å². The molecule has 5 heteroatoms. The van der Waals surface area contributed by atoms with Gasteiger partial charge in [0.2, 0.25) is 0 Å². The highest BCUT2D eigenvalue weighted by Gasteiger charge is 2.05. The van der Waals surface area contributed by atoms with Gasteiger partial charge in [-0.2, -0.15) is 0 Å². The van der Waals surface area contributed by atoms with E-state index < -0.39 is 5.63 Å². The summed E-state index contributed by atoms with van der Waals surface area (Å²) in [6.45, 7) is 0. The maximum atomic E-state index is 11.7. The first-order chi connectivity index (χ1) is 9.52. The van der Waals surface area contributed by atoms with E-state index in [1.807, 2.05) is 0 Å². The van der Waals surface area contributed by atoms with Gasteiger partial charge in [0.05, 0.1) is 12.5 Å². The number of phenolic OH excluding ortho intramolecular Hbond substituents is 1. The van der Waals surface area contributed by atoms with Gasteiger partial charge in [-0.25, -0.2) is 4.79 Å². The minimum Gasteiger partial charge on any atom is -0.508 e. The number of carbonyl (C=O) groups excluding carboxylic acids is 1. The molecule has 0 spiro atoms. The van der Waals surface area contributed by atoms with Crippen molar-refractivity contribution in [2.45, 2.75) is 6.42 Å². The van der Waals surface area contributed by atoms with Crippen LogP contribution in [0.3, 0.4) is 0 Å². The molecule has 0 saturated heterocycles. The van der Waals surface area contributed by atoms with E-state index in [0.29, 0.717) is 0 Å². The third kappa shape index (κ3) is 3.84. The molecule has 1 heterocycles. The Balaban J connectivity index is 2.05. The molecule has 2 aromatic rings. The molecule has 1 aromatic carbocycles. The van der Waals surface area contributed by atoms with E-state index in [-0.39, 0.29) is 29.5 Å². The van der Waals surface area contributed by atoms with Gasteiger partial charge in [0.15, 0.2) is 5.78 Å². The van der Waals surface area contributed by atoms with Crippen LogP contribution in [0.25, 0.3) is 6.08 Å². The summed E-state index contributed by atoms with van der Waals surface area (Å²) in [5, 5.41) is 18.4. The molecule has 0 bridgehead atoms. The zero-order valence-electron chi connectivity index (χ0n) is 10.4. The van der Waals surface area contributed by atoms with Crippen LogP contribution < -0.4 is 5.63 Å². The lowest BCUT2D eigenvalue weighted by Crippen LogP contribution is -2.03.